The molecule has 1 aromatic heterocycles. The van der Waals surface area contributed by atoms with Crippen molar-refractivity contribution in [1.29, 1.82) is 0 Å². The molecule has 56 valence electrons. The van der Waals surface area contributed by atoms with E-state index >= 15 is 0 Å². The van der Waals surface area contributed by atoms with Gasteiger partial charge in [0.05, 0.1) is 0 Å². The number of rotatable bonds is 2. The maximum Gasteiger partial charge on any atom is 0.128 e. The third-order valence-electron chi connectivity index (χ3n) is 1.55. The van der Waals surface area contributed by atoms with Gasteiger partial charge in [-0.05, 0) is 0 Å². The second-order valence-electron chi connectivity index (χ2n) is 2.18. The van der Waals surface area contributed by atoms with Crippen LogP contribution in [0.4, 0.5) is 0 Å². The van der Waals surface area contributed by atoms with Crippen molar-refractivity contribution in [2.24, 2.45) is 0 Å². The van der Waals surface area contributed by atoms with Gasteiger partial charge in [0.2, 0.25) is 0 Å². The van der Waals surface area contributed by atoms with Crippen LogP contribution in [0, 0.1) is 0 Å². The molecular formula is C10H10O. The molecule has 1 nitrogen and oxygen atoms in total. The third kappa shape index (κ3) is 1.05. The highest BCUT2D eigenvalue weighted by molar-refractivity contribution is 5.63. The lowest BCUT2D eigenvalue weighted by Crippen LogP contribution is -1.95. The van der Waals surface area contributed by atoms with Crippen molar-refractivity contribution in [2.75, 3.05) is 0 Å². The predicted octanol–water partition coefficient (Wildman–Crippen LogP) is 1.39. The van der Waals surface area contributed by atoms with E-state index in [9.17, 15) is 0 Å². The summed E-state index contributed by atoms with van der Waals surface area (Å²) in [6.45, 7) is 14.7. The van der Waals surface area contributed by atoms with Gasteiger partial charge in [0, 0.05) is 11.1 Å². The van der Waals surface area contributed by atoms with Crippen molar-refractivity contribution in [2.45, 2.75) is 0 Å². The molecule has 0 fully saturated rings. The maximum atomic E-state index is 5.16. The molecule has 0 N–H and O–H groups in total. The Bertz CT molecular complexity index is 345. The lowest BCUT2D eigenvalue weighted by molar-refractivity contribution is 0.504. The Kier molecular flexibility index (Phi) is 1.81. The summed E-state index contributed by atoms with van der Waals surface area (Å²) in [5.74, 6) is 0. The zero-order chi connectivity index (χ0) is 8.43. The molecule has 1 heteroatoms. The predicted molar refractivity (Wildman–Crippen MR) is 49.2 cm³/mol. The van der Waals surface area contributed by atoms with Crippen molar-refractivity contribution in [3.05, 3.63) is 35.1 Å². The van der Waals surface area contributed by atoms with Crippen molar-refractivity contribution in [1.82, 2.24) is 0 Å². The summed E-state index contributed by atoms with van der Waals surface area (Å²) in [6.07, 6.45) is 3.38. The average Bonchev–Trinajstić information content (AvgIpc) is 2.24. The zero-order valence-corrected chi connectivity index (χ0v) is 6.39. The molecule has 1 rings (SSSR count). The molecule has 0 saturated carbocycles. The summed E-state index contributed by atoms with van der Waals surface area (Å²) in [5, 5.41) is 0. The minimum absolute atomic E-state index is 0.597. The summed E-state index contributed by atoms with van der Waals surface area (Å²) < 4.78 is 5.16. The van der Waals surface area contributed by atoms with Crippen LogP contribution in [-0.2, 0) is 0 Å². The first kappa shape index (κ1) is 7.61. The van der Waals surface area contributed by atoms with Gasteiger partial charge < -0.3 is 4.42 Å². The Balaban J connectivity index is 3.66. The Morgan fingerprint density at radius 3 is 1.55 bits per heavy atom. The molecule has 1 aromatic rings. The molecule has 0 saturated heterocycles. The summed E-state index contributed by atoms with van der Waals surface area (Å²) in [5.41, 5.74) is 2.95. The molecule has 0 aromatic carbocycles. The van der Waals surface area contributed by atoms with Gasteiger partial charge in [-0.3, -0.25) is 0 Å². The highest BCUT2D eigenvalue weighted by atomic mass is 16.3. The van der Waals surface area contributed by atoms with Crippen LogP contribution in [0.15, 0.2) is 17.6 Å². The molecule has 0 radical (unpaired) electrons. The van der Waals surface area contributed by atoms with Gasteiger partial charge in [0.15, 0.2) is 0 Å². The first-order valence-corrected chi connectivity index (χ1v) is 3.26. The molecule has 0 bridgehead atoms. The van der Waals surface area contributed by atoms with Crippen LogP contribution < -0.4 is 10.8 Å². The Labute approximate surface area is 65.7 Å². The van der Waals surface area contributed by atoms with Crippen LogP contribution in [0.3, 0.4) is 0 Å². The molecule has 0 unspecified atom stereocenters. The minimum atomic E-state index is 0.597. The fourth-order valence-electron chi connectivity index (χ4n) is 1.01. The Hall–Kier alpha value is -1.50. The summed E-state index contributed by atoms with van der Waals surface area (Å²) in [4.78, 5) is 0. The molecule has 0 aliphatic heterocycles. The molecule has 0 aliphatic carbocycles. The second kappa shape index (κ2) is 2.62. The largest absolute Gasteiger partial charge is 0.457 e. The van der Waals surface area contributed by atoms with E-state index in [2.05, 4.69) is 26.3 Å². The lowest BCUT2D eigenvalue weighted by Gasteiger charge is -1.85. The number of furan rings is 1. The van der Waals surface area contributed by atoms with Gasteiger partial charge in [-0.2, -0.15) is 0 Å². The van der Waals surface area contributed by atoms with Gasteiger partial charge in [-0.15, -0.1) is 0 Å². The smallest absolute Gasteiger partial charge is 0.128 e. The van der Waals surface area contributed by atoms with Gasteiger partial charge in [0.25, 0.3) is 0 Å². The van der Waals surface area contributed by atoms with Crippen LogP contribution in [0.2, 0.25) is 0 Å². The van der Waals surface area contributed by atoms with E-state index in [1.54, 1.807) is 12.2 Å². The Morgan fingerprint density at radius 2 is 1.27 bits per heavy atom. The van der Waals surface area contributed by atoms with E-state index in [0.717, 1.165) is 11.1 Å². The van der Waals surface area contributed by atoms with Crippen molar-refractivity contribution in [3.63, 3.8) is 0 Å². The fourth-order valence-corrected chi connectivity index (χ4v) is 1.01. The van der Waals surface area contributed by atoms with E-state index in [-0.39, 0.29) is 0 Å². The fraction of sp³-hybridized carbons (Fsp3) is 0. The van der Waals surface area contributed by atoms with Crippen LogP contribution in [-0.4, -0.2) is 0 Å². The van der Waals surface area contributed by atoms with Crippen molar-refractivity contribution in [3.8, 4) is 0 Å². The summed E-state index contributed by atoms with van der Waals surface area (Å²) in [7, 11) is 0. The van der Waals surface area contributed by atoms with E-state index in [1.807, 2.05) is 0 Å². The topological polar surface area (TPSA) is 13.1 Å². The quantitative estimate of drug-likeness (QED) is 0.614. The van der Waals surface area contributed by atoms with Gasteiger partial charge in [-0.1, -0.05) is 38.5 Å². The van der Waals surface area contributed by atoms with Crippen LogP contribution >= 0.6 is 0 Å². The lowest BCUT2D eigenvalue weighted by atomic mass is 10.1. The van der Waals surface area contributed by atoms with E-state index in [0.29, 0.717) is 10.8 Å². The molecule has 1 heterocycles. The summed E-state index contributed by atoms with van der Waals surface area (Å²) in [6, 6.07) is 0. The monoisotopic (exact) mass is 146 g/mol. The van der Waals surface area contributed by atoms with Crippen LogP contribution in [0.25, 0.3) is 25.3 Å². The molecular weight excluding hydrogens is 136 g/mol. The normalized spacial score (nSPS) is 9.45. The molecule has 11 heavy (non-hydrogen) atoms. The molecule has 0 spiro atoms. The minimum Gasteiger partial charge on any atom is -0.457 e. The second-order valence-corrected chi connectivity index (χ2v) is 2.18. The maximum absolute atomic E-state index is 5.16. The van der Waals surface area contributed by atoms with Gasteiger partial charge >= 0.3 is 0 Å². The van der Waals surface area contributed by atoms with E-state index in [1.165, 1.54) is 0 Å². The molecule has 0 aliphatic rings. The number of hydrogen-bond acceptors (Lipinski definition) is 1. The van der Waals surface area contributed by atoms with Crippen molar-refractivity contribution >= 4 is 25.3 Å². The first-order valence-electron chi connectivity index (χ1n) is 3.26. The van der Waals surface area contributed by atoms with E-state index < -0.39 is 0 Å². The average molecular weight is 146 g/mol. The van der Waals surface area contributed by atoms with Gasteiger partial charge in [0.1, 0.15) is 10.8 Å². The highest BCUT2D eigenvalue weighted by Crippen LogP contribution is 2.01. The Morgan fingerprint density at radius 1 is 0.909 bits per heavy atom. The summed E-state index contributed by atoms with van der Waals surface area (Å²) >= 11 is 0. The standard InChI is InChI=1S/C10H10O/c1-5-9-7(3)11-8(4)10(9)6-2/h5-6H,1-4H2. The van der Waals surface area contributed by atoms with Crippen molar-refractivity contribution < 1.29 is 4.42 Å². The molecule has 0 amide bonds. The van der Waals surface area contributed by atoms with E-state index in [4.69, 9.17) is 4.42 Å². The van der Waals surface area contributed by atoms with Gasteiger partial charge in [-0.25, -0.2) is 0 Å². The molecule has 0 atom stereocenters. The van der Waals surface area contributed by atoms with Crippen LogP contribution in [0.5, 0.6) is 0 Å². The first-order chi connectivity index (χ1) is 5.20. The highest BCUT2D eigenvalue weighted by Gasteiger charge is 2.01. The number of hydrogen-bond donors (Lipinski definition) is 0. The SMILES string of the molecule is C=Cc1c(C=C)c(=C)oc1=C. The van der Waals surface area contributed by atoms with Crippen LogP contribution in [0.1, 0.15) is 11.1 Å². The third-order valence-corrected chi connectivity index (χ3v) is 1.55. The zero-order valence-electron chi connectivity index (χ0n) is 6.39.